The number of thioether (sulfide) groups is 1. The number of aromatic amines is 1. The molecule has 1 atom stereocenters. The van der Waals surface area contributed by atoms with E-state index in [0.717, 1.165) is 22.7 Å². The van der Waals surface area contributed by atoms with Crippen LogP contribution in [0.5, 0.6) is 0 Å². The number of benzene rings is 1. The van der Waals surface area contributed by atoms with E-state index in [9.17, 15) is 13.6 Å². The highest BCUT2D eigenvalue weighted by atomic mass is 32.2. The molecule has 3 aromatic rings. The Hall–Kier alpha value is -2.19. The van der Waals surface area contributed by atoms with Crippen LogP contribution in [0.3, 0.4) is 0 Å². The van der Waals surface area contributed by atoms with E-state index in [1.165, 1.54) is 6.07 Å². The number of carbonyl (C=O) groups excluding carboxylic acids is 1. The number of H-pyrrole nitrogens is 1. The van der Waals surface area contributed by atoms with Gasteiger partial charge in [-0.05, 0) is 42.1 Å². The van der Waals surface area contributed by atoms with E-state index in [4.69, 9.17) is 0 Å². The number of halogens is 2. The summed E-state index contributed by atoms with van der Waals surface area (Å²) in [5.41, 5.74) is 1.56. The van der Waals surface area contributed by atoms with Crippen molar-refractivity contribution in [3.63, 3.8) is 0 Å². The molecule has 1 aromatic carbocycles. The van der Waals surface area contributed by atoms with Crippen molar-refractivity contribution in [1.82, 2.24) is 15.1 Å². The summed E-state index contributed by atoms with van der Waals surface area (Å²) in [7, 11) is 0. The Bertz CT molecular complexity index is 942. The summed E-state index contributed by atoms with van der Waals surface area (Å²) >= 11 is 3.13. The normalized spacial score (nSPS) is 17.7. The second-order valence-electron chi connectivity index (χ2n) is 6.25. The Labute approximate surface area is 163 Å². The van der Waals surface area contributed by atoms with E-state index < -0.39 is 11.6 Å². The first kappa shape index (κ1) is 18.2. The van der Waals surface area contributed by atoms with E-state index in [-0.39, 0.29) is 11.2 Å². The van der Waals surface area contributed by atoms with Crippen LogP contribution in [0.15, 0.2) is 41.8 Å². The number of amides is 1. The molecule has 1 saturated heterocycles. The van der Waals surface area contributed by atoms with Crippen molar-refractivity contribution in [3.8, 4) is 10.6 Å². The lowest BCUT2D eigenvalue weighted by atomic mass is 10.1. The van der Waals surface area contributed by atoms with Crippen molar-refractivity contribution in [2.45, 2.75) is 11.7 Å². The zero-order valence-corrected chi connectivity index (χ0v) is 16.0. The van der Waals surface area contributed by atoms with Gasteiger partial charge >= 0.3 is 0 Å². The molecule has 1 N–H and O–H groups in total. The minimum Gasteiger partial charge on any atom is -0.336 e. The van der Waals surface area contributed by atoms with Crippen LogP contribution in [0.4, 0.5) is 8.78 Å². The minimum absolute atomic E-state index is 0.143. The van der Waals surface area contributed by atoms with Crippen LogP contribution in [0.25, 0.3) is 10.6 Å². The summed E-state index contributed by atoms with van der Waals surface area (Å²) in [5.74, 6) is -0.326. The van der Waals surface area contributed by atoms with Gasteiger partial charge in [0.15, 0.2) is 5.69 Å². The number of thiophene rings is 1. The van der Waals surface area contributed by atoms with Gasteiger partial charge in [-0.2, -0.15) is 16.9 Å². The van der Waals surface area contributed by atoms with Crippen molar-refractivity contribution in [3.05, 3.63) is 64.7 Å². The lowest BCUT2D eigenvalue weighted by molar-refractivity contribution is 0.0760. The highest BCUT2D eigenvalue weighted by Gasteiger charge is 2.26. The summed E-state index contributed by atoms with van der Waals surface area (Å²) in [6.45, 7) is 1.03. The number of hydrogen-bond acceptors (Lipinski definition) is 4. The maximum atomic E-state index is 14.1. The average Bonchev–Trinajstić information content (AvgIpc) is 3.31. The topological polar surface area (TPSA) is 49.0 Å². The fourth-order valence-electron chi connectivity index (χ4n) is 3.13. The Balaban J connectivity index is 1.46. The quantitative estimate of drug-likeness (QED) is 0.685. The summed E-state index contributed by atoms with van der Waals surface area (Å²) in [5, 5.41) is 8.86. The molecule has 0 spiro atoms. The molecule has 1 aliphatic rings. The van der Waals surface area contributed by atoms with Crippen molar-refractivity contribution < 1.29 is 13.6 Å². The van der Waals surface area contributed by atoms with Crippen molar-refractivity contribution in [2.24, 2.45) is 0 Å². The summed E-state index contributed by atoms with van der Waals surface area (Å²) < 4.78 is 27.6. The van der Waals surface area contributed by atoms with Crippen molar-refractivity contribution in [2.75, 3.05) is 18.8 Å². The molecule has 1 unspecified atom stereocenters. The Morgan fingerprint density at radius 1 is 1.22 bits per heavy atom. The van der Waals surface area contributed by atoms with Gasteiger partial charge in [0.2, 0.25) is 0 Å². The van der Waals surface area contributed by atoms with Gasteiger partial charge < -0.3 is 4.90 Å². The van der Waals surface area contributed by atoms with Crippen LogP contribution < -0.4 is 0 Å². The standard InChI is InChI=1S/C19H17F2N3OS2/c20-12-3-4-14(21)13(10-12)17-5-6-24(7-9-27-17)19(25)16-11-15(22-23-16)18-2-1-8-26-18/h1-4,8,10-11,17H,5-7,9H2,(H,22,23). The third-order valence-electron chi connectivity index (χ3n) is 4.52. The maximum absolute atomic E-state index is 14.1. The molecular weight excluding hydrogens is 388 g/mol. The lowest BCUT2D eigenvalue weighted by Gasteiger charge is -2.19. The second-order valence-corrected chi connectivity index (χ2v) is 8.51. The van der Waals surface area contributed by atoms with Crippen LogP contribution in [0.2, 0.25) is 0 Å². The first-order chi connectivity index (χ1) is 13.1. The molecule has 8 heteroatoms. The zero-order chi connectivity index (χ0) is 18.8. The summed E-state index contributed by atoms with van der Waals surface area (Å²) in [6.07, 6.45) is 0.568. The molecule has 1 aliphatic heterocycles. The summed E-state index contributed by atoms with van der Waals surface area (Å²) in [6, 6.07) is 9.21. The lowest BCUT2D eigenvalue weighted by Crippen LogP contribution is -2.33. The third-order valence-corrected chi connectivity index (χ3v) is 6.73. The molecule has 1 amide bonds. The molecule has 140 valence electrons. The number of nitrogens with one attached hydrogen (secondary N) is 1. The van der Waals surface area contributed by atoms with Gasteiger partial charge in [0.25, 0.3) is 5.91 Å². The largest absolute Gasteiger partial charge is 0.336 e. The Morgan fingerprint density at radius 2 is 2.11 bits per heavy atom. The monoisotopic (exact) mass is 405 g/mol. The van der Waals surface area contributed by atoms with E-state index in [0.29, 0.717) is 36.5 Å². The van der Waals surface area contributed by atoms with E-state index in [1.807, 2.05) is 17.5 Å². The Morgan fingerprint density at radius 3 is 2.93 bits per heavy atom. The molecule has 27 heavy (non-hydrogen) atoms. The maximum Gasteiger partial charge on any atom is 0.274 e. The predicted octanol–water partition coefficient (Wildman–Crippen LogP) is 4.74. The fourth-order valence-corrected chi connectivity index (χ4v) is 5.07. The molecule has 4 nitrogen and oxygen atoms in total. The molecule has 0 bridgehead atoms. The van der Waals surface area contributed by atoms with Gasteiger partial charge in [-0.15, -0.1) is 11.3 Å². The van der Waals surface area contributed by atoms with E-state index in [1.54, 1.807) is 34.1 Å². The van der Waals surface area contributed by atoms with Gasteiger partial charge in [0, 0.05) is 29.7 Å². The number of aromatic nitrogens is 2. The molecule has 4 rings (SSSR count). The third kappa shape index (κ3) is 3.91. The number of rotatable bonds is 3. The zero-order valence-electron chi connectivity index (χ0n) is 14.3. The molecule has 0 aliphatic carbocycles. The highest BCUT2D eigenvalue weighted by Crippen LogP contribution is 2.36. The summed E-state index contributed by atoms with van der Waals surface area (Å²) in [4.78, 5) is 15.6. The van der Waals surface area contributed by atoms with E-state index >= 15 is 0 Å². The minimum atomic E-state index is -0.443. The molecule has 0 radical (unpaired) electrons. The fraction of sp³-hybridized carbons (Fsp3) is 0.263. The predicted molar refractivity (Wildman–Crippen MR) is 104 cm³/mol. The van der Waals surface area contributed by atoms with Gasteiger partial charge in [0.1, 0.15) is 11.6 Å². The van der Waals surface area contributed by atoms with Crippen molar-refractivity contribution >= 4 is 29.0 Å². The van der Waals surface area contributed by atoms with Gasteiger partial charge in [0.05, 0.1) is 10.6 Å². The van der Waals surface area contributed by atoms with Crippen molar-refractivity contribution in [1.29, 1.82) is 0 Å². The highest BCUT2D eigenvalue weighted by molar-refractivity contribution is 7.99. The molecule has 3 heterocycles. The molecule has 0 saturated carbocycles. The Kier molecular flexibility index (Phi) is 5.27. The first-order valence-electron chi connectivity index (χ1n) is 8.57. The average molecular weight is 405 g/mol. The molecule has 2 aromatic heterocycles. The number of nitrogens with zero attached hydrogens (tertiary/aromatic N) is 2. The first-order valence-corrected chi connectivity index (χ1v) is 10.5. The van der Waals surface area contributed by atoms with Crippen LogP contribution in [-0.4, -0.2) is 39.8 Å². The van der Waals surface area contributed by atoms with Crippen LogP contribution in [-0.2, 0) is 0 Å². The number of carbonyl (C=O) groups is 1. The molecular formula is C19H17F2N3OS2. The molecule has 1 fully saturated rings. The number of hydrogen-bond donors (Lipinski definition) is 1. The smallest absolute Gasteiger partial charge is 0.274 e. The van der Waals surface area contributed by atoms with Crippen LogP contribution in [0, 0.1) is 11.6 Å². The van der Waals surface area contributed by atoms with Gasteiger partial charge in [-0.1, -0.05) is 6.07 Å². The van der Waals surface area contributed by atoms with E-state index in [2.05, 4.69) is 10.2 Å². The van der Waals surface area contributed by atoms with Gasteiger partial charge in [-0.3, -0.25) is 9.89 Å². The second kappa shape index (κ2) is 7.82. The SMILES string of the molecule is O=C(c1cc(-c2cccs2)[nH]n1)N1CCSC(c2cc(F)ccc2F)CC1. The van der Waals surface area contributed by atoms with Crippen LogP contribution >= 0.6 is 23.1 Å². The van der Waals surface area contributed by atoms with Crippen LogP contribution in [0.1, 0.15) is 27.7 Å². The van der Waals surface area contributed by atoms with Gasteiger partial charge in [-0.25, -0.2) is 8.78 Å².